The third kappa shape index (κ3) is 6.11. The van der Waals surface area contributed by atoms with Gasteiger partial charge in [0.1, 0.15) is 0 Å². The van der Waals surface area contributed by atoms with Crippen molar-refractivity contribution in [2.45, 2.75) is 60.0 Å². The zero-order valence-corrected chi connectivity index (χ0v) is 11.2. The Morgan fingerprint density at radius 3 is 2.25 bits per heavy atom. The van der Waals surface area contributed by atoms with Gasteiger partial charge in [0.25, 0.3) is 0 Å². The van der Waals surface area contributed by atoms with Crippen LogP contribution < -0.4 is 0 Å². The summed E-state index contributed by atoms with van der Waals surface area (Å²) in [6.45, 7) is 10.6. The van der Waals surface area contributed by atoms with E-state index in [4.69, 9.17) is 9.84 Å². The Morgan fingerprint density at radius 1 is 1.25 bits per heavy atom. The van der Waals surface area contributed by atoms with Crippen molar-refractivity contribution in [2.24, 2.45) is 11.3 Å². The maximum Gasteiger partial charge on any atom is 0.309 e. The summed E-state index contributed by atoms with van der Waals surface area (Å²) in [4.78, 5) is 10.9. The summed E-state index contributed by atoms with van der Waals surface area (Å²) in [5, 5.41) is 8.93. The Kier molecular flexibility index (Phi) is 6.65. The topological polar surface area (TPSA) is 46.5 Å². The number of rotatable bonds is 8. The smallest absolute Gasteiger partial charge is 0.309 e. The summed E-state index contributed by atoms with van der Waals surface area (Å²) >= 11 is 0. The molecule has 0 saturated heterocycles. The molecule has 0 heterocycles. The van der Waals surface area contributed by atoms with Crippen LogP contribution in [0.1, 0.15) is 53.9 Å². The Labute approximate surface area is 99.2 Å². The van der Waals surface area contributed by atoms with Crippen LogP contribution in [-0.4, -0.2) is 23.8 Å². The average Bonchev–Trinajstić information content (AvgIpc) is 2.16. The quantitative estimate of drug-likeness (QED) is 0.651. The second-order valence-electron chi connectivity index (χ2n) is 5.47. The minimum atomic E-state index is -0.719. The highest BCUT2D eigenvalue weighted by Gasteiger charge is 2.25. The molecule has 0 spiro atoms. The van der Waals surface area contributed by atoms with Crippen molar-refractivity contribution in [3.63, 3.8) is 0 Å². The maximum absolute atomic E-state index is 10.9. The highest BCUT2D eigenvalue weighted by Crippen LogP contribution is 2.23. The highest BCUT2D eigenvalue weighted by molar-refractivity contribution is 5.73. The molecular formula is C13H26O3. The molecule has 0 saturated carbocycles. The van der Waals surface area contributed by atoms with Gasteiger partial charge in [-0.1, -0.05) is 20.3 Å². The molecule has 16 heavy (non-hydrogen) atoms. The first-order valence-electron chi connectivity index (χ1n) is 6.12. The molecule has 0 aliphatic heterocycles. The number of carboxylic acid groups (broad SMARTS) is 1. The first kappa shape index (κ1) is 15.4. The van der Waals surface area contributed by atoms with Crippen LogP contribution in [0.15, 0.2) is 0 Å². The van der Waals surface area contributed by atoms with E-state index >= 15 is 0 Å². The van der Waals surface area contributed by atoms with Crippen LogP contribution in [0.4, 0.5) is 0 Å². The van der Waals surface area contributed by atoms with E-state index in [0.29, 0.717) is 12.3 Å². The maximum atomic E-state index is 10.9. The molecule has 1 unspecified atom stereocenters. The Balaban J connectivity index is 3.58. The zero-order valence-electron chi connectivity index (χ0n) is 11.2. The normalized spacial score (nSPS) is 14.1. The van der Waals surface area contributed by atoms with Crippen molar-refractivity contribution < 1.29 is 14.6 Å². The van der Waals surface area contributed by atoms with Crippen LogP contribution in [0.2, 0.25) is 0 Å². The van der Waals surface area contributed by atoms with E-state index < -0.39 is 11.4 Å². The standard InChI is InChI=1S/C13H26O3/c1-10(2)11(3)16-9-7-6-8-13(4,5)12(14)15/h10-11H,6-9H2,1-5H3,(H,14,15). The molecular weight excluding hydrogens is 204 g/mol. The number of carbonyl (C=O) groups is 1. The van der Waals surface area contributed by atoms with Gasteiger partial charge >= 0.3 is 5.97 Å². The van der Waals surface area contributed by atoms with Crippen LogP contribution in [0.5, 0.6) is 0 Å². The second kappa shape index (κ2) is 6.89. The summed E-state index contributed by atoms with van der Waals surface area (Å²) in [7, 11) is 0. The lowest BCUT2D eigenvalue weighted by molar-refractivity contribution is -0.147. The molecule has 0 aliphatic carbocycles. The largest absolute Gasteiger partial charge is 0.481 e. The fourth-order valence-electron chi connectivity index (χ4n) is 1.24. The van der Waals surface area contributed by atoms with Gasteiger partial charge in [0.15, 0.2) is 0 Å². The summed E-state index contributed by atoms with van der Waals surface area (Å²) in [5.41, 5.74) is -0.607. The summed E-state index contributed by atoms with van der Waals surface area (Å²) in [6.07, 6.45) is 2.84. The van der Waals surface area contributed by atoms with Gasteiger partial charge in [0.2, 0.25) is 0 Å². The van der Waals surface area contributed by atoms with Crippen molar-refractivity contribution in [1.29, 1.82) is 0 Å². The molecule has 0 bridgehead atoms. The molecule has 1 N–H and O–H groups in total. The van der Waals surface area contributed by atoms with Gasteiger partial charge in [-0.3, -0.25) is 4.79 Å². The van der Waals surface area contributed by atoms with Crippen molar-refractivity contribution in [1.82, 2.24) is 0 Å². The monoisotopic (exact) mass is 230 g/mol. The first-order chi connectivity index (χ1) is 7.27. The van der Waals surface area contributed by atoms with E-state index in [-0.39, 0.29) is 6.10 Å². The SMILES string of the molecule is CC(C)C(C)OCCCCC(C)(C)C(=O)O. The number of aliphatic carboxylic acids is 1. The van der Waals surface area contributed by atoms with E-state index in [1.54, 1.807) is 13.8 Å². The summed E-state index contributed by atoms with van der Waals surface area (Å²) < 4.78 is 5.63. The molecule has 1 atom stereocenters. The van der Waals surface area contributed by atoms with E-state index in [0.717, 1.165) is 19.4 Å². The van der Waals surface area contributed by atoms with Gasteiger partial charge in [-0.05, 0) is 39.5 Å². The fraction of sp³-hybridized carbons (Fsp3) is 0.923. The molecule has 0 fully saturated rings. The molecule has 0 aliphatic rings. The molecule has 0 amide bonds. The number of ether oxygens (including phenoxy) is 1. The predicted octanol–water partition coefficient (Wildman–Crippen LogP) is 3.33. The number of hydrogen-bond donors (Lipinski definition) is 1. The summed E-state index contributed by atoms with van der Waals surface area (Å²) in [5.74, 6) is -0.181. The van der Waals surface area contributed by atoms with Gasteiger partial charge in [-0.2, -0.15) is 0 Å². The second-order valence-corrected chi connectivity index (χ2v) is 5.47. The third-order valence-electron chi connectivity index (χ3n) is 3.09. The van der Waals surface area contributed by atoms with Crippen molar-refractivity contribution in [2.75, 3.05) is 6.61 Å². The molecule has 3 nitrogen and oxygen atoms in total. The zero-order chi connectivity index (χ0) is 12.8. The Bertz CT molecular complexity index is 209. The van der Waals surface area contributed by atoms with Gasteiger partial charge in [0.05, 0.1) is 11.5 Å². The van der Waals surface area contributed by atoms with Crippen LogP contribution in [-0.2, 0) is 9.53 Å². The number of carboxylic acids is 1. The molecule has 0 rings (SSSR count). The van der Waals surface area contributed by atoms with Crippen molar-refractivity contribution >= 4 is 5.97 Å². The molecule has 0 aromatic rings. The molecule has 0 aromatic carbocycles. The van der Waals surface area contributed by atoms with Crippen LogP contribution in [0, 0.1) is 11.3 Å². The molecule has 0 aromatic heterocycles. The van der Waals surface area contributed by atoms with Crippen molar-refractivity contribution in [3.8, 4) is 0 Å². The van der Waals surface area contributed by atoms with E-state index in [1.165, 1.54) is 0 Å². The number of unbranched alkanes of at least 4 members (excludes halogenated alkanes) is 1. The molecule has 0 radical (unpaired) electrons. The highest BCUT2D eigenvalue weighted by atomic mass is 16.5. The first-order valence-corrected chi connectivity index (χ1v) is 6.12. The predicted molar refractivity (Wildman–Crippen MR) is 65.5 cm³/mol. The lowest BCUT2D eigenvalue weighted by Gasteiger charge is -2.19. The third-order valence-corrected chi connectivity index (χ3v) is 3.09. The van der Waals surface area contributed by atoms with Gasteiger partial charge in [-0.25, -0.2) is 0 Å². The summed E-state index contributed by atoms with van der Waals surface area (Å²) in [6, 6.07) is 0. The Morgan fingerprint density at radius 2 is 1.81 bits per heavy atom. The minimum Gasteiger partial charge on any atom is -0.481 e. The number of hydrogen-bond acceptors (Lipinski definition) is 2. The van der Waals surface area contributed by atoms with Crippen LogP contribution in [0.3, 0.4) is 0 Å². The van der Waals surface area contributed by atoms with Gasteiger partial charge in [0, 0.05) is 6.61 Å². The minimum absolute atomic E-state index is 0.285. The van der Waals surface area contributed by atoms with E-state index in [9.17, 15) is 4.79 Å². The van der Waals surface area contributed by atoms with Crippen LogP contribution in [0.25, 0.3) is 0 Å². The Hall–Kier alpha value is -0.570. The average molecular weight is 230 g/mol. The fourth-order valence-corrected chi connectivity index (χ4v) is 1.24. The van der Waals surface area contributed by atoms with E-state index in [2.05, 4.69) is 20.8 Å². The van der Waals surface area contributed by atoms with E-state index in [1.807, 2.05) is 0 Å². The lowest BCUT2D eigenvalue weighted by atomic mass is 9.87. The van der Waals surface area contributed by atoms with Crippen LogP contribution >= 0.6 is 0 Å². The van der Waals surface area contributed by atoms with Gasteiger partial charge in [-0.15, -0.1) is 0 Å². The van der Waals surface area contributed by atoms with Gasteiger partial charge < -0.3 is 9.84 Å². The molecule has 96 valence electrons. The van der Waals surface area contributed by atoms with Crippen molar-refractivity contribution in [3.05, 3.63) is 0 Å². The molecule has 3 heteroatoms. The lowest BCUT2D eigenvalue weighted by Crippen LogP contribution is -2.23.